The molecule has 0 radical (unpaired) electrons. The van der Waals surface area contributed by atoms with Crippen LogP contribution in [0, 0.1) is 5.82 Å². The van der Waals surface area contributed by atoms with Gasteiger partial charge in [-0.2, -0.15) is 0 Å². The Kier molecular flexibility index (Phi) is 3.56. The molecule has 0 heterocycles. The zero-order valence-corrected chi connectivity index (χ0v) is 10.5. The third-order valence-corrected chi connectivity index (χ3v) is 3.31. The molecule has 1 aromatic carbocycles. The molecule has 1 nitrogen and oxygen atoms in total. The number of hydrogen-bond donors (Lipinski definition) is 1. The Morgan fingerprint density at radius 3 is 2.50 bits per heavy atom. The Morgan fingerprint density at radius 2 is 2.00 bits per heavy atom. The van der Waals surface area contributed by atoms with Crippen LogP contribution >= 0.6 is 11.6 Å². The van der Waals surface area contributed by atoms with Crippen LogP contribution in [-0.2, 0) is 0 Å². The second-order valence-electron chi connectivity index (χ2n) is 4.51. The number of hydrogen-bond acceptors (Lipinski definition) is 1. The van der Waals surface area contributed by atoms with Crippen LogP contribution in [0.2, 0.25) is 24.7 Å². The molecule has 0 fully saturated rings. The van der Waals surface area contributed by atoms with Crippen LogP contribution in [0.25, 0.3) is 0 Å². The summed E-state index contributed by atoms with van der Waals surface area (Å²) in [5, 5.41) is 3.52. The average molecular weight is 232 g/mol. The van der Waals surface area contributed by atoms with Crippen molar-refractivity contribution < 1.29 is 4.39 Å². The van der Waals surface area contributed by atoms with E-state index in [4.69, 9.17) is 11.6 Å². The molecular weight excluding hydrogens is 217 g/mol. The van der Waals surface area contributed by atoms with Gasteiger partial charge in [-0.3, -0.25) is 0 Å². The van der Waals surface area contributed by atoms with Crippen molar-refractivity contribution in [1.29, 1.82) is 0 Å². The molecule has 1 N–H and O–H groups in total. The van der Waals surface area contributed by atoms with Crippen molar-refractivity contribution in [3.05, 3.63) is 29.0 Å². The lowest BCUT2D eigenvalue weighted by molar-refractivity contribution is 0.631. The third-order valence-electron chi connectivity index (χ3n) is 1.76. The molecular formula is C10H15ClFNSi. The van der Waals surface area contributed by atoms with Crippen LogP contribution in [-0.4, -0.2) is 14.2 Å². The SMILES string of the molecule is C[Si](C)(C)CNc1c(F)cccc1Cl. The van der Waals surface area contributed by atoms with E-state index in [2.05, 4.69) is 25.0 Å². The lowest BCUT2D eigenvalue weighted by atomic mass is 10.3. The standard InChI is InChI=1S/C10H15ClFNSi/c1-14(2,3)7-13-10-8(11)5-4-6-9(10)12/h4-6,13H,7H2,1-3H3. The Labute approximate surface area is 90.3 Å². The summed E-state index contributed by atoms with van der Waals surface area (Å²) in [7, 11) is -1.22. The van der Waals surface area contributed by atoms with Crippen LogP contribution in [0.3, 0.4) is 0 Å². The van der Waals surface area contributed by atoms with E-state index in [-0.39, 0.29) is 5.82 Å². The highest BCUT2D eigenvalue weighted by atomic mass is 35.5. The fraction of sp³-hybridized carbons (Fsp3) is 0.400. The third kappa shape index (κ3) is 3.31. The van der Waals surface area contributed by atoms with E-state index in [0.717, 1.165) is 6.17 Å². The van der Waals surface area contributed by atoms with E-state index >= 15 is 0 Å². The predicted molar refractivity (Wildman–Crippen MR) is 63.2 cm³/mol. The van der Waals surface area contributed by atoms with Gasteiger partial charge in [0, 0.05) is 6.17 Å². The number of anilines is 1. The minimum Gasteiger partial charge on any atom is -0.384 e. The maximum atomic E-state index is 13.3. The van der Waals surface area contributed by atoms with Crippen molar-refractivity contribution in [2.24, 2.45) is 0 Å². The van der Waals surface area contributed by atoms with Crippen LogP contribution in [0.5, 0.6) is 0 Å². The highest BCUT2D eigenvalue weighted by Crippen LogP contribution is 2.24. The molecule has 1 aromatic rings. The van der Waals surface area contributed by atoms with E-state index in [9.17, 15) is 4.39 Å². The fourth-order valence-corrected chi connectivity index (χ4v) is 1.96. The molecule has 0 saturated carbocycles. The first kappa shape index (κ1) is 11.5. The van der Waals surface area contributed by atoms with Gasteiger partial charge in [0.1, 0.15) is 5.82 Å². The minimum atomic E-state index is -1.22. The smallest absolute Gasteiger partial charge is 0.147 e. The van der Waals surface area contributed by atoms with Gasteiger partial charge in [-0.1, -0.05) is 37.3 Å². The normalized spacial score (nSPS) is 11.5. The Balaban J connectivity index is 2.77. The van der Waals surface area contributed by atoms with Gasteiger partial charge in [0.2, 0.25) is 0 Å². The Hall–Kier alpha value is -0.543. The van der Waals surface area contributed by atoms with Gasteiger partial charge in [-0.25, -0.2) is 4.39 Å². The molecule has 0 aliphatic carbocycles. The molecule has 0 spiro atoms. The largest absolute Gasteiger partial charge is 0.384 e. The van der Waals surface area contributed by atoms with Crippen LogP contribution in [0.15, 0.2) is 18.2 Å². The second kappa shape index (κ2) is 4.32. The minimum absolute atomic E-state index is 0.282. The van der Waals surface area contributed by atoms with Crippen molar-refractivity contribution in [2.75, 3.05) is 11.5 Å². The molecule has 0 unspecified atom stereocenters. The quantitative estimate of drug-likeness (QED) is 0.781. The summed E-state index contributed by atoms with van der Waals surface area (Å²) in [5.74, 6) is -0.282. The summed E-state index contributed by atoms with van der Waals surface area (Å²) in [6.45, 7) is 6.65. The summed E-state index contributed by atoms with van der Waals surface area (Å²) in [6.07, 6.45) is 0.827. The second-order valence-corrected chi connectivity index (χ2v) is 10.4. The number of halogens is 2. The van der Waals surface area contributed by atoms with Crippen molar-refractivity contribution >= 4 is 25.4 Å². The van der Waals surface area contributed by atoms with Gasteiger partial charge in [-0.05, 0) is 12.1 Å². The Bertz CT molecular complexity index is 302. The molecule has 0 bridgehead atoms. The first-order chi connectivity index (χ1) is 6.40. The molecule has 1 rings (SSSR count). The average Bonchev–Trinajstić information content (AvgIpc) is 2.01. The zero-order valence-electron chi connectivity index (χ0n) is 8.70. The van der Waals surface area contributed by atoms with Crippen LogP contribution < -0.4 is 5.32 Å². The van der Waals surface area contributed by atoms with Crippen molar-refractivity contribution in [3.8, 4) is 0 Å². The summed E-state index contributed by atoms with van der Waals surface area (Å²) >= 11 is 5.87. The number of nitrogens with one attached hydrogen (secondary N) is 1. The predicted octanol–water partition coefficient (Wildman–Crippen LogP) is 3.77. The molecule has 0 saturated heterocycles. The molecule has 0 aromatic heterocycles. The van der Waals surface area contributed by atoms with Gasteiger partial charge >= 0.3 is 0 Å². The number of benzene rings is 1. The van der Waals surface area contributed by atoms with E-state index in [0.29, 0.717) is 10.7 Å². The summed E-state index contributed by atoms with van der Waals surface area (Å²) in [6, 6.07) is 4.72. The number of rotatable bonds is 3. The lowest BCUT2D eigenvalue weighted by Gasteiger charge is -2.18. The van der Waals surface area contributed by atoms with Crippen molar-refractivity contribution in [2.45, 2.75) is 19.6 Å². The molecule has 78 valence electrons. The van der Waals surface area contributed by atoms with Crippen LogP contribution in [0.1, 0.15) is 0 Å². The highest BCUT2D eigenvalue weighted by molar-refractivity contribution is 6.76. The first-order valence-corrected chi connectivity index (χ1v) is 8.66. The van der Waals surface area contributed by atoms with Crippen molar-refractivity contribution in [1.82, 2.24) is 0 Å². The molecule has 4 heteroatoms. The highest BCUT2D eigenvalue weighted by Gasteiger charge is 2.14. The fourth-order valence-electron chi connectivity index (χ4n) is 1.02. The van der Waals surface area contributed by atoms with E-state index in [1.54, 1.807) is 12.1 Å². The molecule has 0 amide bonds. The zero-order chi connectivity index (χ0) is 10.8. The maximum Gasteiger partial charge on any atom is 0.147 e. The summed E-state index contributed by atoms with van der Waals surface area (Å²) < 4.78 is 13.3. The van der Waals surface area contributed by atoms with Gasteiger partial charge in [0.25, 0.3) is 0 Å². The molecule has 0 aliphatic heterocycles. The topological polar surface area (TPSA) is 12.0 Å². The van der Waals surface area contributed by atoms with Gasteiger partial charge < -0.3 is 5.32 Å². The maximum absolute atomic E-state index is 13.3. The number of para-hydroxylation sites is 1. The van der Waals surface area contributed by atoms with E-state index in [1.807, 2.05) is 0 Å². The molecule has 0 aliphatic rings. The summed E-state index contributed by atoms with van der Waals surface area (Å²) in [5.41, 5.74) is 0.427. The van der Waals surface area contributed by atoms with Gasteiger partial charge in [-0.15, -0.1) is 0 Å². The monoisotopic (exact) mass is 231 g/mol. The lowest BCUT2D eigenvalue weighted by Crippen LogP contribution is -2.31. The van der Waals surface area contributed by atoms with Crippen LogP contribution in [0.4, 0.5) is 10.1 Å². The van der Waals surface area contributed by atoms with Crippen molar-refractivity contribution in [3.63, 3.8) is 0 Å². The van der Waals surface area contributed by atoms with Gasteiger partial charge in [0.05, 0.1) is 18.8 Å². The molecule has 0 atom stereocenters. The van der Waals surface area contributed by atoms with Gasteiger partial charge in [0.15, 0.2) is 0 Å². The van der Waals surface area contributed by atoms with E-state index < -0.39 is 8.07 Å². The molecule has 14 heavy (non-hydrogen) atoms. The Morgan fingerprint density at radius 1 is 1.36 bits per heavy atom. The summed E-state index contributed by atoms with van der Waals surface area (Å²) in [4.78, 5) is 0. The first-order valence-electron chi connectivity index (χ1n) is 4.58. The van der Waals surface area contributed by atoms with E-state index in [1.165, 1.54) is 6.07 Å².